The van der Waals surface area contributed by atoms with E-state index in [0.717, 1.165) is 19.0 Å². The van der Waals surface area contributed by atoms with E-state index in [1.807, 2.05) is 6.92 Å². The van der Waals surface area contributed by atoms with Gasteiger partial charge in [-0.3, -0.25) is 0 Å². The number of alkyl halides is 1. The maximum Gasteiger partial charge on any atom is 0.0249 e. The highest BCUT2D eigenvalue weighted by Crippen LogP contribution is 2.06. The van der Waals surface area contributed by atoms with Gasteiger partial charge in [-0.15, -0.1) is 11.6 Å². The minimum atomic E-state index is 0.633. The van der Waals surface area contributed by atoms with Crippen LogP contribution in [-0.4, -0.2) is 19.0 Å². The van der Waals surface area contributed by atoms with Gasteiger partial charge < -0.3 is 5.32 Å². The molecule has 78 valence electrons. The van der Waals surface area contributed by atoms with E-state index in [9.17, 15) is 0 Å². The van der Waals surface area contributed by atoms with E-state index in [-0.39, 0.29) is 0 Å². The molecule has 0 amide bonds. The molecule has 1 unspecified atom stereocenters. The molecule has 1 nitrogen and oxygen atoms in total. The molecule has 0 aromatic rings. The van der Waals surface area contributed by atoms with Crippen molar-refractivity contribution in [2.75, 3.05) is 19.0 Å². The molecule has 1 N–H and O–H groups in total. The van der Waals surface area contributed by atoms with Crippen LogP contribution >= 0.6 is 23.2 Å². The molecule has 0 rings (SSSR count). The lowest BCUT2D eigenvalue weighted by Crippen LogP contribution is -2.18. The van der Waals surface area contributed by atoms with Crippen molar-refractivity contribution in [1.82, 2.24) is 5.32 Å². The molecule has 0 saturated carbocycles. The van der Waals surface area contributed by atoms with Gasteiger partial charge in [0.1, 0.15) is 0 Å². The van der Waals surface area contributed by atoms with Gasteiger partial charge in [0.2, 0.25) is 0 Å². The number of rotatable bonds is 7. The summed E-state index contributed by atoms with van der Waals surface area (Å²) < 4.78 is 0. The van der Waals surface area contributed by atoms with Crippen LogP contribution < -0.4 is 5.32 Å². The Kier molecular flexibility index (Phi) is 9.05. The van der Waals surface area contributed by atoms with E-state index in [1.165, 1.54) is 18.4 Å². The van der Waals surface area contributed by atoms with Crippen LogP contribution in [0.5, 0.6) is 0 Å². The van der Waals surface area contributed by atoms with Crippen molar-refractivity contribution in [2.24, 2.45) is 5.92 Å². The van der Waals surface area contributed by atoms with Crippen molar-refractivity contribution < 1.29 is 0 Å². The summed E-state index contributed by atoms with van der Waals surface area (Å²) in [5.74, 6) is 1.40. The number of hydrogen-bond acceptors (Lipinski definition) is 1. The predicted octanol–water partition coefficient (Wildman–Crippen LogP) is 3.37. The maximum atomic E-state index is 5.69. The average molecular weight is 224 g/mol. The Morgan fingerprint density at radius 3 is 2.77 bits per heavy atom. The van der Waals surface area contributed by atoms with Crippen LogP contribution in [0.15, 0.2) is 11.1 Å². The van der Waals surface area contributed by atoms with Crippen LogP contribution in [0.25, 0.3) is 0 Å². The van der Waals surface area contributed by atoms with Gasteiger partial charge in [-0.05, 0) is 37.8 Å². The second-order valence-electron chi connectivity index (χ2n) is 3.53. The maximum absolute atomic E-state index is 5.69. The molecule has 0 aliphatic heterocycles. The van der Waals surface area contributed by atoms with Gasteiger partial charge in [-0.2, -0.15) is 0 Å². The molecule has 0 aromatic heterocycles. The molecule has 0 aliphatic carbocycles. The summed E-state index contributed by atoms with van der Waals surface area (Å²) >= 11 is 11.2. The Morgan fingerprint density at radius 1 is 1.54 bits per heavy atom. The minimum Gasteiger partial charge on any atom is -0.313 e. The number of nitrogens with one attached hydrogen (secondary N) is 1. The SMILES string of the molecule is CC(=CCl)CNCCCC(C)CCl. The summed E-state index contributed by atoms with van der Waals surface area (Å²) in [6.07, 6.45) is 2.38. The third-order valence-electron chi connectivity index (χ3n) is 1.90. The van der Waals surface area contributed by atoms with Crippen LogP contribution in [0.2, 0.25) is 0 Å². The fourth-order valence-electron chi connectivity index (χ4n) is 0.977. The van der Waals surface area contributed by atoms with Crippen molar-refractivity contribution in [3.63, 3.8) is 0 Å². The average Bonchev–Trinajstić information content (AvgIpc) is 2.16. The Bertz CT molecular complexity index is 146. The first-order valence-corrected chi connectivity index (χ1v) is 5.70. The smallest absolute Gasteiger partial charge is 0.0249 e. The summed E-state index contributed by atoms with van der Waals surface area (Å²) in [7, 11) is 0. The molecule has 0 fully saturated rings. The molecule has 1 atom stereocenters. The van der Waals surface area contributed by atoms with Gasteiger partial charge >= 0.3 is 0 Å². The number of hydrogen-bond donors (Lipinski definition) is 1. The topological polar surface area (TPSA) is 12.0 Å². The van der Waals surface area contributed by atoms with E-state index >= 15 is 0 Å². The summed E-state index contributed by atoms with van der Waals surface area (Å²) in [5.41, 5.74) is 2.79. The molecule has 0 bridgehead atoms. The van der Waals surface area contributed by atoms with E-state index in [1.54, 1.807) is 5.54 Å². The normalized spacial score (nSPS) is 14.6. The van der Waals surface area contributed by atoms with Crippen molar-refractivity contribution in [3.8, 4) is 0 Å². The highest BCUT2D eigenvalue weighted by atomic mass is 35.5. The molecular weight excluding hydrogens is 205 g/mol. The second-order valence-corrected chi connectivity index (χ2v) is 4.06. The lowest BCUT2D eigenvalue weighted by Gasteiger charge is -2.07. The third kappa shape index (κ3) is 8.61. The molecular formula is C10H19Cl2N. The molecule has 0 saturated heterocycles. The van der Waals surface area contributed by atoms with E-state index in [2.05, 4.69) is 12.2 Å². The quantitative estimate of drug-likeness (QED) is 0.516. The first-order valence-electron chi connectivity index (χ1n) is 4.73. The monoisotopic (exact) mass is 223 g/mol. The van der Waals surface area contributed by atoms with Crippen LogP contribution in [0, 0.1) is 5.92 Å². The molecule has 0 heterocycles. The van der Waals surface area contributed by atoms with Crippen molar-refractivity contribution in [3.05, 3.63) is 11.1 Å². The summed E-state index contributed by atoms with van der Waals surface area (Å²) in [5, 5.41) is 3.32. The van der Waals surface area contributed by atoms with Gasteiger partial charge in [0.05, 0.1) is 0 Å². The van der Waals surface area contributed by atoms with E-state index < -0.39 is 0 Å². The highest BCUT2D eigenvalue weighted by molar-refractivity contribution is 6.25. The lowest BCUT2D eigenvalue weighted by atomic mass is 10.1. The van der Waals surface area contributed by atoms with Gasteiger partial charge in [0, 0.05) is 18.0 Å². The fraction of sp³-hybridized carbons (Fsp3) is 0.800. The molecule has 0 radical (unpaired) electrons. The van der Waals surface area contributed by atoms with Gasteiger partial charge in [-0.25, -0.2) is 0 Å². The van der Waals surface area contributed by atoms with Crippen molar-refractivity contribution in [2.45, 2.75) is 26.7 Å². The van der Waals surface area contributed by atoms with Crippen LogP contribution in [-0.2, 0) is 0 Å². The van der Waals surface area contributed by atoms with Crippen LogP contribution in [0.4, 0.5) is 0 Å². The van der Waals surface area contributed by atoms with Crippen LogP contribution in [0.3, 0.4) is 0 Å². The Hall–Kier alpha value is 0.280. The standard InChI is InChI=1S/C10H19Cl2N/c1-9(6-11)4-3-5-13-8-10(2)7-12/h7,9,13H,3-6,8H2,1-2H3. The molecule has 13 heavy (non-hydrogen) atoms. The summed E-state index contributed by atoms with van der Waals surface area (Å²) in [6, 6.07) is 0. The minimum absolute atomic E-state index is 0.633. The lowest BCUT2D eigenvalue weighted by molar-refractivity contribution is 0.539. The Morgan fingerprint density at radius 2 is 2.23 bits per heavy atom. The summed E-state index contributed by atoms with van der Waals surface area (Å²) in [6.45, 7) is 6.13. The predicted molar refractivity (Wildman–Crippen MR) is 61.6 cm³/mol. The molecule has 3 heteroatoms. The highest BCUT2D eigenvalue weighted by Gasteiger charge is 1.98. The van der Waals surface area contributed by atoms with Gasteiger partial charge in [-0.1, -0.05) is 18.5 Å². The number of halogens is 2. The second kappa shape index (κ2) is 8.86. The van der Waals surface area contributed by atoms with Gasteiger partial charge in [0.15, 0.2) is 0 Å². The Labute approximate surface area is 91.5 Å². The first kappa shape index (κ1) is 13.3. The van der Waals surface area contributed by atoms with E-state index in [4.69, 9.17) is 23.2 Å². The third-order valence-corrected chi connectivity index (χ3v) is 2.80. The summed E-state index contributed by atoms with van der Waals surface area (Å²) in [4.78, 5) is 0. The van der Waals surface area contributed by atoms with Crippen LogP contribution in [0.1, 0.15) is 26.7 Å². The zero-order chi connectivity index (χ0) is 10.1. The van der Waals surface area contributed by atoms with E-state index in [0.29, 0.717) is 5.92 Å². The zero-order valence-corrected chi connectivity index (χ0v) is 9.96. The largest absolute Gasteiger partial charge is 0.313 e. The van der Waals surface area contributed by atoms with Gasteiger partial charge in [0.25, 0.3) is 0 Å². The van der Waals surface area contributed by atoms with Crippen molar-refractivity contribution in [1.29, 1.82) is 0 Å². The molecule has 0 aromatic carbocycles. The Balaban J connectivity index is 3.17. The first-order chi connectivity index (χ1) is 6.20. The molecule has 0 spiro atoms. The zero-order valence-electron chi connectivity index (χ0n) is 8.45. The molecule has 0 aliphatic rings. The fourth-order valence-corrected chi connectivity index (χ4v) is 1.21. The van der Waals surface area contributed by atoms with Crippen molar-refractivity contribution >= 4 is 23.2 Å².